The van der Waals surface area contributed by atoms with Crippen LogP contribution in [0, 0.1) is 6.92 Å². The zero-order chi connectivity index (χ0) is 21.4. The Balaban J connectivity index is 1.55. The highest BCUT2D eigenvalue weighted by atomic mass is 35.5. The molecule has 1 aromatic heterocycles. The molecule has 0 aliphatic carbocycles. The molecule has 30 heavy (non-hydrogen) atoms. The van der Waals surface area contributed by atoms with E-state index in [2.05, 4.69) is 0 Å². The molecule has 0 atom stereocenters. The van der Waals surface area contributed by atoms with E-state index in [9.17, 15) is 9.59 Å². The van der Waals surface area contributed by atoms with E-state index in [0.29, 0.717) is 32.2 Å². The lowest BCUT2D eigenvalue weighted by atomic mass is 10.1. The third-order valence-corrected chi connectivity index (χ3v) is 6.48. The van der Waals surface area contributed by atoms with Crippen LogP contribution in [0.25, 0.3) is 17.4 Å². The summed E-state index contributed by atoms with van der Waals surface area (Å²) in [4.78, 5) is 26.6. The van der Waals surface area contributed by atoms with Crippen LogP contribution in [-0.2, 0) is 11.3 Å². The molecule has 0 saturated carbocycles. The molecule has 0 bridgehead atoms. The average molecular weight is 479 g/mol. The second kappa shape index (κ2) is 8.52. The molecule has 2 heterocycles. The van der Waals surface area contributed by atoms with Crippen molar-refractivity contribution >= 4 is 63.8 Å². The van der Waals surface area contributed by atoms with Gasteiger partial charge in [0.15, 0.2) is 0 Å². The third-order valence-electron chi connectivity index (χ3n) is 4.57. The largest absolute Gasteiger partial charge is 0.457 e. The van der Waals surface area contributed by atoms with Gasteiger partial charge in [0.2, 0.25) is 0 Å². The monoisotopic (exact) mass is 477 g/mol. The van der Waals surface area contributed by atoms with E-state index in [1.165, 1.54) is 0 Å². The molecule has 2 aromatic carbocycles. The lowest BCUT2D eigenvalue weighted by Gasteiger charge is -2.13. The number of carbonyl (C=O) groups excluding carboxylic acids is 2. The molecule has 8 heteroatoms. The van der Waals surface area contributed by atoms with Crippen LogP contribution in [-0.4, -0.2) is 16.0 Å². The number of nitrogens with zero attached hydrogens (tertiary/aromatic N) is 1. The summed E-state index contributed by atoms with van der Waals surface area (Å²) in [5.74, 6) is 0.694. The van der Waals surface area contributed by atoms with Gasteiger partial charge in [-0.05, 0) is 60.1 Å². The molecule has 4 rings (SSSR count). The van der Waals surface area contributed by atoms with Gasteiger partial charge in [-0.15, -0.1) is 0 Å². The van der Waals surface area contributed by atoms with Crippen molar-refractivity contribution in [1.29, 1.82) is 0 Å². The average Bonchev–Trinajstić information content (AvgIpc) is 3.26. The number of carbonyl (C=O) groups is 2. The molecule has 0 radical (unpaired) electrons. The van der Waals surface area contributed by atoms with Crippen molar-refractivity contribution in [2.24, 2.45) is 0 Å². The summed E-state index contributed by atoms with van der Waals surface area (Å²) >= 11 is 19.1. The summed E-state index contributed by atoms with van der Waals surface area (Å²) in [5.41, 5.74) is 2.44. The Morgan fingerprint density at radius 2 is 1.80 bits per heavy atom. The van der Waals surface area contributed by atoms with E-state index in [1.807, 2.05) is 25.1 Å². The molecule has 0 unspecified atom stereocenters. The van der Waals surface area contributed by atoms with E-state index in [1.54, 1.807) is 36.4 Å². The smallest absolute Gasteiger partial charge is 0.293 e. The zero-order valence-electron chi connectivity index (χ0n) is 15.6. The van der Waals surface area contributed by atoms with Crippen LogP contribution in [0.2, 0.25) is 15.1 Å². The Morgan fingerprint density at radius 3 is 2.53 bits per heavy atom. The molecule has 3 aromatic rings. The summed E-state index contributed by atoms with van der Waals surface area (Å²) in [6.45, 7) is 2.00. The Morgan fingerprint density at radius 1 is 1.00 bits per heavy atom. The Labute approximate surface area is 192 Å². The molecule has 1 fully saturated rings. The van der Waals surface area contributed by atoms with E-state index in [-0.39, 0.29) is 16.7 Å². The number of amides is 2. The zero-order valence-corrected chi connectivity index (χ0v) is 18.7. The van der Waals surface area contributed by atoms with Crippen LogP contribution in [0.5, 0.6) is 0 Å². The van der Waals surface area contributed by atoms with E-state index in [0.717, 1.165) is 27.8 Å². The molecular weight excluding hydrogens is 465 g/mol. The third kappa shape index (κ3) is 4.30. The maximum Gasteiger partial charge on any atom is 0.293 e. The Bertz CT molecular complexity index is 1200. The van der Waals surface area contributed by atoms with Gasteiger partial charge in [0.05, 0.1) is 11.4 Å². The highest BCUT2D eigenvalue weighted by molar-refractivity contribution is 8.18. The highest BCUT2D eigenvalue weighted by Crippen LogP contribution is 2.35. The van der Waals surface area contributed by atoms with Gasteiger partial charge in [-0.3, -0.25) is 14.5 Å². The minimum Gasteiger partial charge on any atom is -0.457 e. The summed E-state index contributed by atoms with van der Waals surface area (Å²) < 4.78 is 5.83. The topological polar surface area (TPSA) is 50.5 Å². The summed E-state index contributed by atoms with van der Waals surface area (Å²) in [7, 11) is 0. The number of aryl methyl sites for hydroxylation is 1. The fraction of sp³-hybridized carbons (Fsp3) is 0.0909. The Kier molecular flexibility index (Phi) is 5.98. The lowest BCUT2D eigenvalue weighted by Crippen LogP contribution is -2.27. The Hall–Kier alpha value is -2.18. The molecule has 152 valence electrons. The molecule has 0 spiro atoms. The number of imide groups is 1. The fourth-order valence-corrected chi connectivity index (χ4v) is 4.38. The second-order valence-electron chi connectivity index (χ2n) is 6.67. The summed E-state index contributed by atoms with van der Waals surface area (Å²) in [6.07, 6.45) is 1.56. The van der Waals surface area contributed by atoms with Crippen LogP contribution >= 0.6 is 46.6 Å². The summed E-state index contributed by atoms with van der Waals surface area (Å²) in [5, 5.41) is 1.17. The number of halogens is 3. The molecule has 4 nitrogen and oxygen atoms in total. The molecule has 0 N–H and O–H groups in total. The van der Waals surface area contributed by atoms with Gasteiger partial charge >= 0.3 is 0 Å². The van der Waals surface area contributed by atoms with Crippen LogP contribution in [0.15, 0.2) is 57.9 Å². The minimum atomic E-state index is -0.396. The molecule has 1 aliphatic rings. The predicted molar refractivity (Wildman–Crippen MR) is 122 cm³/mol. The fourth-order valence-electron chi connectivity index (χ4n) is 2.92. The van der Waals surface area contributed by atoms with Crippen LogP contribution in [0.1, 0.15) is 16.9 Å². The standard InChI is InChI=1S/C22H14Cl3NO3S/c1-12-2-3-13(8-17(12)24)19-7-6-16(29-19)10-20-21(27)26(22(28)30-20)11-14-4-5-15(23)9-18(14)25/h2-10H,11H2,1H3/b20-10-. The quantitative estimate of drug-likeness (QED) is 0.365. The minimum absolute atomic E-state index is 0.0727. The maximum atomic E-state index is 12.7. The lowest BCUT2D eigenvalue weighted by molar-refractivity contribution is -0.123. The summed E-state index contributed by atoms with van der Waals surface area (Å²) in [6, 6.07) is 14.1. The molecule has 1 saturated heterocycles. The molecule has 2 amide bonds. The van der Waals surface area contributed by atoms with Gasteiger partial charge in [-0.2, -0.15) is 0 Å². The highest BCUT2D eigenvalue weighted by Gasteiger charge is 2.35. The normalized spacial score (nSPS) is 15.5. The van der Waals surface area contributed by atoms with Crippen LogP contribution in [0.4, 0.5) is 4.79 Å². The molecular formula is C22H14Cl3NO3S. The number of thioether (sulfide) groups is 1. The molecule has 1 aliphatic heterocycles. The van der Waals surface area contributed by atoms with Crippen molar-refractivity contribution in [2.75, 3.05) is 0 Å². The number of benzene rings is 2. The van der Waals surface area contributed by atoms with Gasteiger partial charge < -0.3 is 4.42 Å². The first kappa shape index (κ1) is 21.1. The van der Waals surface area contributed by atoms with E-state index >= 15 is 0 Å². The van der Waals surface area contributed by atoms with Crippen molar-refractivity contribution in [3.63, 3.8) is 0 Å². The van der Waals surface area contributed by atoms with Crippen molar-refractivity contribution in [3.8, 4) is 11.3 Å². The van der Waals surface area contributed by atoms with E-state index in [4.69, 9.17) is 39.2 Å². The van der Waals surface area contributed by atoms with Crippen molar-refractivity contribution in [1.82, 2.24) is 4.90 Å². The van der Waals surface area contributed by atoms with Gasteiger partial charge in [0.25, 0.3) is 11.1 Å². The van der Waals surface area contributed by atoms with Crippen molar-refractivity contribution in [3.05, 3.63) is 85.4 Å². The second-order valence-corrected chi connectivity index (χ2v) is 8.91. The van der Waals surface area contributed by atoms with Crippen molar-refractivity contribution in [2.45, 2.75) is 13.5 Å². The van der Waals surface area contributed by atoms with Gasteiger partial charge in [-0.25, -0.2) is 0 Å². The van der Waals surface area contributed by atoms with Gasteiger partial charge in [0, 0.05) is 26.7 Å². The first-order chi connectivity index (χ1) is 14.3. The van der Waals surface area contributed by atoms with Crippen LogP contribution < -0.4 is 0 Å². The SMILES string of the molecule is Cc1ccc(-c2ccc(/C=C3\SC(=O)N(Cc4ccc(Cl)cc4Cl)C3=O)o2)cc1Cl. The maximum absolute atomic E-state index is 12.7. The number of rotatable bonds is 4. The number of furan rings is 1. The predicted octanol–water partition coefficient (Wildman–Crippen LogP) is 7.45. The number of hydrogen-bond donors (Lipinski definition) is 0. The first-order valence-electron chi connectivity index (χ1n) is 8.87. The van der Waals surface area contributed by atoms with Crippen molar-refractivity contribution < 1.29 is 14.0 Å². The van der Waals surface area contributed by atoms with E-state index < -0.39 is 5.91 Å². The first-order valence-corrected chi connectivity index (χ1v) is 10.8. The van der Waals surface area contributed by atoms with Crippen LogP contribution in [0.3, 0.4) is 0 Å². The van der Waals surface area contributed by atoms with Gasteiger partial charge in [0.1, 0.15) is 11.5 Å². The van der Waals surface area contributed by atoms with Gasteiger partial charge in [-0.1, -0.05) is 53.0 Å². The number of hydrogen-bond acceptors (Lipinski definition) is 4.